The summed E-state index contributed by atoms with van der Waals surface area (Å²) in [6.07, 6.45) is 4.12. The SMILES string of the molecule is COc1ccc2[nH]cc(C[C@@H](N)[C]=O)c2c1. The maximum absolute atomic E-state index is 10.4. The number of H-pyrrole nitrogens is 1. The van der Waals surface area contributed by atoms with Crippen LogP contribution in [0.3, 0.4) is 0 Å². The average Bonchev–Trinajstić information content (AvgIpc) is 2.71. The molecule has 0 saturated carbocycles. The van der Waals surface area contributed by atoms with Crippen LogP contribution in [-0.2, 0) is 11.2 Å². The summed E-state index contributed by atoms with van der Waals surface area (Å²) in [7, 11) is 1.62. The third kappa shape index (κ3) is 1.92. The van der Waals surface area contributed by atoms with Crippen LogP contribution in [0.2, 0.25) is 0 Å². The lowest BCUT2D eigenvalue weighted by atomic mass is 10.1. The molecule has 16 heavy (non-hydrogen) atoms. The van der Waals surface area contributed by atoms with Gasteiger partial charge in [-0.25, -0.2) is 0 Å². The van der Waals surface area contributed by atoms with Gasteiger partial charge in [-0.1, -0.05) is 0 Å². The molecule has 0 bridgehead atoms. The van der Waals surface area contributed by atoms with E-state index in [-0.39, 0.29) is 0 Å². The van der Waals surface area contributed by atoms with E-state index < -0.39 is 6.04 Å². The van der Waals surface area contributed by atoms with Crippen molar-refractivity contribution in [3.05, 3.63) is 30.0 Å². The van der Waals surface area contributed by atoms with Crippen LogP contribution in [0.5, 0.6) is 5.75 Å². The summed E-state index contributed by atoms with van der Waals surface area (Å²) in [4.78, 5) is 13.5. The molecule has 0 amide bonds. The number of aromatic nitrogens is 1. The highest BCUT2D eigenvalue weighted by molar-refractivity contribution is 5.85. The number of fused-ring (bicyclic) bond motifs is 1. The third-order valence-electron chi connectivity index (χ3n) is 2.57. The summed E-state index contributed by atoms with van der Waals surface area (Å²) < 4.78 is 5.16. The highest BCUT2D eigenvalue weighted by Crippen LogP contribution is 2.24. The van der Waals surface area contributed by atoms with E-state index in [1.807, 2.05) is 24.4 Å². The first-order chi connectivity index (χ1) is 7.74. The number of nitrogens with one attached hydrogen (secondary N) is 1. The zero-order valence-corrected chi connectivity index (χ0v) is 8.99. The Morgan fingerprint density at radius 2 is 2.38 bits per heavy atom. The summed E-state index contributed by atoms with van der Waals surface area (Å²) in [6.45, 7) is 0. The van der Waals surface area contributed by atoms with Crippen LogP contribution in [0.4, 0.5) is 0 Å². The van der Waals surface area contributed by atoms with Crippen LogP contribution in [0.1, 0.15) is 5.56 Å². The van der Waals surface area contributed by atoms with Crippen molar-refractivity contribution in [2.24, 2.45) is 5.73 Å². The van der Waals surface area contributed by atoms with E-state index in [0.29, 0.717) is 6.42 Å². The molecule has 0 aliphatic carbocycles. The van der Waals surface area contributed by atoms with Crippen molar-refractivity contribution in [2.75, 3.05) is 7.11 Å². The minimum absolute atomic E-state index is 0.483. The summed E-state index contributed by atoms with van der Waals surface area (Å²) in [5, 5.41) is 1.03. The number of methoxy groups -OCH3 is 1. The molecule has 83 valence electrons. The van der Waals surface area contributed by atoms with Crippen LogP contribution in [0, 0.1) is 0 Å². The van der Waals surface area contributed by atoms with Gasteiger partial charge in [-0.05, 0) is 30.2 Å². The van der Waals surface area contributed by atoms with E-state index in [0.717, 1.165) is 22.2 Å². The second kappa shape index (κ2) is 4.37. The summed E-state index contributed by atoms with van der Waals surface area (Å²) >= 11 is 0. The Bertz CT molecular complexity index is 505. The second-order valence-corrected chi connectivity index (χ2v) is 3.65. The van der Waals surface area contributed by atoms with Crippen LogP contribution >= 0.6 is 0 Å². The fourth-order valence-corrected chi connectivity index (χ4v) is 1.73. The molecule has 0 aliphatic heterocycles. The largest absolute Gasteiger partial charge is 0.497 e. The Labute approximate surface area is 93.4 Å². The Morgan fingerprint density at radius 3 is 3.06 bits per heavy atom. The standard InChI is InChI=1S/C12H13N2O2/c1-16-10-2-3-12-11(5-10)8(6-14-12)4-9(13)7-15/h2-3,5-6,9,14H,4,13H2,1H3/t9-/m1/s1. The zero-order chi connectivity index (χ0) is 11.5. The van der Waals surface area contributed by atoms with Gasteiger partial charge in [-0.3, -0.25) is 4.79 Å². The predicted molar refractivity (Wildman–Crippen MR) is 62.2 cm³/mol. The predicted octanol–water partition coefficient (Wildman–Crippen LogP) is 1.16. The molecule has 2 rings (SSSR count). The van der Waals surface area contributed by atoms with Gasteiger partial charge in [0.2, 0.25) is 6.29 Å². The molecule has 1 aromatic heterocycles. The lowest BCUT2D eigenvalue weighted by molar-refractivity contribution is 0.415. The van der Waals surface area contributed by atoms with Crippen molar-refractivity contribution in [3.63, 3.8) is 0 Å². The molecule has 4 heteroatoms. The lowest BCUT2D eigenvalue weighted by Crippen LogP contribution is -2.23. The first-order valence-corrected chi connectivity index (χ1v) is 5.02. The fraction of sp³-hybridized carbons (Fsp3) is 0.250. The van der Waals surface area contributed by atoms with Crippen LogP contribution in [0.15, 0.2) is 24.4 Å². The normalized spacial score (nSPS) is 12.6. The van der Waals surface area contributed by atoms with Gasteiger partial charge in [0.05, 0.1) is 13.2 Å². The molecule has 0 fully saturated rings. The van der Waals surface area contributed by atoms with Gasteiger partial charge in [-0.15, -0.1) is 0 Å². The van der Waals surface area contributed by atoms with E-state index in [9.17, 15) is 4.79 Å². The number of hydrogen-bond donors (Lipinski definition) is 2. The van der Waals surface area contributed by atoms with Gasteiger partial charge < -0.3 is 15.5 Å². The van der Waals surface area contributed by atoms with Gasteiger partial charge in [0.25, 0.3) is 0 Å². The van der Waals surface area contributed by atoms with Crippen molar-refractivity contribution in [1.82, 2.24) is 4.98 Å². The molecule has 1 heterocycles. The quantitative estimate of drug-likeness (QED) is 0.807. The number of aromatic amines is 1. The monoisotopic (exact) mass is 217 g/mol. The number of ether oxygens (including phenoxy) is 1. The molecule has 0 unspecified atom stereocenters. The molecule has 1 aromatic carbocycles. The molecule has 1 radical (unpaired) electrons. The zero-order valence-electron chi connectivity index (χ0n) is 8.99. The molecule has 0 spiro atoms. The van der Waals surface area contributed by atoms with Crippen molar-refractivity contribution >= 4 is 17.2 Å². The molecular weight excluding hydrogens is 204 g/mol. The average molecular weight is 217 g/mol. The molecule has 1 atom stereocenters. The molecule has 3 N–H and O–H groups in total. The van der Waals surface area contributed by atoms with Crippen LogP contribution in [-0.4, -0.2) is 24.4 Å². The smallest absolute Gasteiger partial charge is 0.217 e. The van der Waals surface area contributed by atoms with Crippen molar-refractivity contribution in [2.45, 2.75) is 12.5 Å². The second-order valence-electron chi connectivity index (χ2n) is 3.65. The first-order valence-electron chi connectivity index (χ1n) is 5.02. The van der Waals surface area contributed by atoms with E-state index in [2.05, 4.69) is 4.98 Å². The van der Waals surface area contributed by atoms with Crippen LogP contribution < -0.4 is 10.5 Å². The van der Waals surface area contributed by atoms with E-state index in [4.69, 9.17) is 10.5 Å². The fourth-order valence-electron chi connectivity index (χ4n) is 1.73. The maximum atomic E-state index is 10.4. The van der Waals surface area contributed by atoms with Gasteiger partial charge in [-0.2, -0.15) is 0 Å². The van der Waals surface area contributed by atoms with Crippen LogP contribution in [0.25, 0.3) is 10.9 Å². The first kappa shape index (κ1) is 10.7. The van der Waals surface area contributed by atoms with Gasteiger partial charge in [0.1, 0.15) is 5.75 Å². The maximum Gasteiger partial charge on any atom is 0.217 e. The minimum atomic E-state index is -0.579. The minimum Gasteiger partial charge on any atom is -0.497 e. The Kier molecular flexibility index (Phi) is 2.92. The van der Waals surface area contributed by atoms with E-state index in [1.165, 1.54) is 0 Å². The summed E-state index contributed by atoms with van der Waals surface area (Å²) in [5.74, 6) is 0.789. The van der Waals surface area contributed by atoms with Crippen molar-refractivity contribution in [3.8, 4) is 5.75 Å². The summed E-state index contributed by atoms with van der Waals surface area (Å²) in [5.41, 5.74) is 7.57. The Morgan fingerprint density at radius 1 is 1.56 bits per heavy atom. The number of benzene rings is 1. The molecule has 2 aromatic rings. The highest BCUT2D eigenvalue weighted by Gasteiger charge is 2.09. The number of carbonyl (C=O) groups excluding carboxylic acids is 1. The Balaban J connectivity index is 2.41. The topological polar surface area (TPSA) is 68.1 Å². The van der Waals surface area contributed by atoms with Crippen molar-refractivity contribution < 1.29 is 9.53 Å². The Hall–Kier alpha value is -1.81. The molecule has 0 saturated heterocycles. The number of nitrogens with two attached hydrogens (primary N) is 1. The molecule has 0 aliphatic rings. The van der Waals surface area contributed by atoms with Gasteiger partial charge in [0, 0.05) is 17.1 Å². The molecule has 4 nitrogen and oxygen atoms in total. The highest BCUT2D eigenvalue weighted by atomic mass is 16.5. The third-order valence-corrected chi connectivity index (χ3v) is 2.57. The van der Waals surface area contributed by atoms with Gasteiger partial charge in [0.15, 0.2) is 0 Å². The molecular formula is C12H13N2O2. The van der Waals surface area contributed by atoms with Gasteiger partial charge >= 0.3 is 0 Å². The number of hydrogen-bond acceptors (Lipinski definition) is 3. The van der Waals surface area contributed by atoms with E-state index >= 15 is 0 Å². The lowest BCUT2D eigenvalue weighted by Gasteiger charge is -2.03. The number of rotatable bonds is 4. The summed E-state index contributed by atoms with van der Waals surface area (Å²) in [6, 6.07) is 5.17. The van der Waals surface area contributed by atoms with Crippen molar-refractivity contribution in [1.29, 1.82) is 0 Å². The van der Waals surface area contributed by atoms with E-state index in [1.54, 1.807) is 13.4 Å².